The van der Waals surface area contributed by atoms with Gasteiger partial charge in [0.05, 0.1) is 39.6 Å². The summed E-state index contributed by atoms with van der Waals surface area (Å²) in [5.74, 6) is -1.92. The summed E-state index contributed by atoms with van der Waals surface area (Å²) in [5, 5.41) is 16.2. The third-order valence-corrected chi connectivity index (χ3v) is 1.69. The minimum Gasteiger partial charge on any atom is -0.480 e. The first-order chi connectivity index (χ1) is 10.0. The SMILES string of the molecule is COCCOCC(=O)O.COCCOCCOCC(=O)O. The van der Waals surface area contributed by atoms with Crippen molar-refractivity contribution in [1.29, 1.82) is 0 Å². The van der Waals surface area contributed by atoms with Crippen molar-refractivity contribution in [2.45, 2.75) is 0 Å². The smallest absolute Gasteiger partial charge is 0.329 e. The standard InChI is InChI=1S/C7H14O5.C5H10O4/c1-10-2-3-11-4-5-12-6-7(8)9;1-8-2-3-9-4-5(6)7/h2-6H2,1H3,(H,8,9);2-4H2,1H3,(H,6,7). The lowest BCUT2D eigenvalue weighted by Crippen LogP contribution is -2.12. The zero-order valence-corrected chi connectivity index (χ0v) is 12.4. The number of ether oxygens (including phenoxy) is 5. The molecule has 0 radical (unpaired) electrons. The molecule has 0 fully saturated rings. The van der Waals surface area contributed by atoms with Gasteiger partial charge in [0.25, 0.3) is 0 Å². The molecule has 126 valence electrons. The molecule has 0 unspecified atom stereocenters. The number of carboxylic acids is 2. The fourth-order valence-electron chi connectivity index (χ4n) is 0.823. The van der Waals surface area contributed by atoms with Gasteiger partial charge < -0.3 is 33.9 Å². The molecule has 0 saturated heterocycles. The number of rotatable bonds is 13. The summed E-state index contributed by atoms with van der Waals surface area (Å²) in [6, 6.07) is 0. The lowest BCUT2D eigenvalue weighted by atomic mass is 10.7. The van der Waals surface area contributed by atoms with Gasteiger partial charge in [0, 0.05) is 14.2 Å². The Bertz CT molecular complexity index is 245. The van der Waals surface area contributed by atoms with Crippen LogP contribution in [0.15, 0.2) is 0 Å². The predicted molar refractivity (Wildman–Crippen MR) is 71.5 cm³/mol. The van der Waals surface area contributed by atoms with E-state index in [9.17, 15) is 9.59 Å². The normalized spacial score (nSPS) is 9.81. The lowest BCUT2D eigenvalue weighted by molar-refractivity contribution is -0.143. The molecule has 0 aromatic heterocycles. The number of hydrogen-bond donors (Lipinski definition) is 2. The second-order valence-electron chi connectivity index (χ2n) is 3.49. The van der Waals surface area contributed by atoms with Crippen LogP contribution in [0.4, 0.5) is 0 Å². The fourth-order valence-corrected chi connectivity index (χ4v) is 0.823. The highest BCUT2D eigenvalue weighted by Crippen LogP contribution is 1.79. The summed E-state index contributed by atoms with van der Waals surface area (Å²) in [6.45, 7) is 2.01. The second kappa shape index (κ2) is 18.7. The maximum atomic E-state index is 9.95. The molecule has 2 N–H and O–H groups in total. The Balaban J connectivity index is 0. The summed E-state index contributed by atoms with van der Waals surface area (Å²) < 4.78 is 23.7. The molecule has 0 heterocycles. The lowest BCUT2D eigenvalue weighted by Gasteiger charge is -2.02. The molecule has 9 heteroatoms. The number of hydrogen-bond acceptors (Lipinski definition) is 7. The van der Waals surface area contributed by atoms with Crippen LogP contribution in [-0.2, 0) is 33.3 Å². The molecule has 0 spiro atoms. The van der Waals surface area contributed by atoms with Crippen molar-refractivity contribution in [1.82, 2.24) is 0 Å². The van der Waals surface area contributed by atoms with Gasteiger partial charge in [-0.1, -0.05) is 0 Å². The zero-order valence-electron chi connectivity index (χ0n) is 12.4. The summed E-state index contributed by atoms with van der Waals surface area (Å²) in [6.07, 6.45) is 0. The molecule has 0 bridgehead atoms. The molecule has 9 nitrogen and oxygen atoms in total. The van der Waals surface area contributed by atoms with E-state index in [-0.39, 0.29) is 13.2 Å². The minimum atomic E-state index is -0.966. The van der Waals surface area contributed by atoms with Gasteiger partial charge in [0.2, 0.25) is 0 Å². The van der Waals surface area contributed by atoms with Gasteiger partial charge in [-0.25, -0.2) is 9.59 Å². The third kappa shape index (κ3) is 27.8. The third-order valence-electron chi connectivity index (χ3n) is 1.69. The predicted octanol–water partition coefficient (Wildman–Crippen LogP) is -0.515. The van der Waals surface area contributed by atoms with Crippen LogP contribution >= 0.6 is 0 Å². The Morgan fingerprint density at radius 1 is 0.667 bits per heavy atom. The van der Waals surface area contributed by atoms with Gasteiger partial charge in [0.15, 0.2) is 0 Å². The van der Waals surface area contributed by atoms with Crippen LogP contribution in [0.25, 0.3) is 0 Å². The van der Waals surface area contributed by atoms with Crippen LogP contribution in [0.1, 0.15) is 0 Å². The highest BCUT2D eigenvalue weighted by atomic mass is 16.5. The van der Waals surface area contributed by atoms with Crippen molar-refractivity contribution >= 4 is 11.9 Å². The monoisotopic (exact) mass is 312 g/mol. The van der Waals surface area contributed by atoms with Crippen LogP contribution < -0.4 is 0 Å². The Morgan fingerprint density at radius 3 is 1.38 bits per heavy atom. The van der Waals surface area contributed by atoms with E-state index in [1.807, 2.05) is 0 Å². The summed E-state index contributed by atoms with van der Waals surface area (Å²) in [7, 11) is 3.12. The van der Waals surface area contributed by atoms with E-state index in [4.69, 9.17) is 24.4 Å². The first-order valence-electron chi connectivity index (χ1n) is 6.19. The molecule has 0 saturated carbocycles. The second-order valence-corrected chi connectivity index (χ2v) is 3.49. The molecule has 21 heavy (non-hydrogen) atoms. The van der Waals surface area contributed by atoms with Crippen molar-refractivity contribution < 1.29 is 43.5 Å². The Morgan fingerprint density at radius 2 is 1.00 bits per heavy atom. The van der Waals surface area contributed by atoms with Gasteiger partial charge in [-0.3, -0.25) is 0 Å². The molecule has 0 rings (SSSR count). The van der Waals surface area contributed by atoms with E-state index in [0.717, 1.165) is 0 Å². The van der Waals surface area contributed by atoms with E-state index in [0.29, 0.717) is 39.6 Å². The maximum absolute atomic E-state index is 9.95. The van der Waals surface area contributed by atoms with E-state index < -0.39 is 11.9 Å². The average Bonchev–Trinajstić information content (AvgIpc) is 2.43. The molecule has 0 aromatic carbocycles. The molecule has 0 aliphatic rings. The first-order valence-corrected chi connectivity index (χ1v) is 6.19. The van der Waals surface area contributed by atoms with Crippen molar-refractivity contribution in [3.63, 3.8) is 0 Å². The molecular formula is C12H24O9. The highest BCUT2D eigenvalue weighted by molar-refractivity contribution is 5.68. The van der Waals surface area contributed by atoms with Gasteiger partial charge in [-0.2, -0.15) is 0 Å². The number of methoxy groups -OCH3 is 2. The molecule has 0 atom stereocenters. The van der Waals surface area contributed by atoms with Crippen LogP contribution in [0.3, 0.4) is 0 Å². The summed E-state index contributed by atoms with van der Waals surface area (Å²) in [4.78, 5) is 19.7. The van der Waals surface area contributed by atoms with Crippen LogP contribution in [0.5, 0.6) is 0 Å². The van der Waals surface area contributed by atoms with Crippen LogP contribution in [-0.4, -0.2) is 89.2 Å². The quantitative estimate of drug-likeness (QED) is 0.433. The minimum absolute atomic E-state index is 0.247. The summed E-state index contributed by atoms with van der Waals surface area (Å²) in [5.41, 5.74) is 0. The van der Waals surface area contributed by atoms with Crippen LogP contribution in [0, 0.1) is 0 Å². The molecular weight excluding hydrogens is 288 g/mol. The fraction of sp³-hybridized carbons (Fsp3) is 0.833. The van der Waals surface area contributed by atoms with Gasteiger partial charge in [-0.05, 0) is 0 Å². The van der Waals surface area contributed by atoms with Crippen molar-refractivity contribution in [3.8, 4) is 0 Å². The average molecular weight is 312 g/mol. The largest absolute Gasteiger partial charge is 0.480 e. The Kier molecular flexibility index (Phi) is 19.7. The van der Waals surface area contributed by atoms with Crippen LogP contribution in [0.2, 0.25) is 0 Å². The van der Waals surface area contributed by atoms with Crippen molar-refractivity contribution in [2.24, 2.45) is 0 Å². The van der Waals surface area contributed by atoms with Gasteiger partial charge in [0.1, 0.15) is 13.2 Å². The van der Waals surface area contributed by atoms with Crippen molar-refractivity contribution in [2.75, 3.05) is 67.1 Å². The van der Waals surface area contributed by atoms with E-state index in [2.05, 4.69) is 9.47 Å². The zero-order chi connectivity index (χ0) is 16.3. The molecule has 0 aliphatic heterocycles. The Labute approximate surface area is 123 Å². The van der Waals surface area contributed by atoms with Crippen molar-refractivity contribution in [3.05, 3.63) is 0 Å². The molecule has 0 aliphatic carbocycles. The topological polar surface area (TPSA) is 121 Å². The number of aliphatic carboxylic acids is 2. The Hall–Kier alpha value is -1.26. The highest BCUT2D eigenvalue weighted by Gasteiger charge is 1.95. The maximum Gasteiger partial charge on any atom is 0.329 e. The van der Waals surface area contributed by atoms with E-state index in [1.165, 1.54) is 7.11 Å². The summed E-state index contributed by atoms with van der Waals surface area (Å²) >= 11 is 0. The number of carbonyl (C=O) groups is 2. The van der Waals surface area contributed by atoms with Gasteiger partial charge in [-0.15, -0.1) is 0 Å². The first kappa shape index (κ1) is 22.0. The molecule has 0 aromatic rings. The van der Waals surface area contributed by atoms with Gasteiger partial charge >= 0.3 is 11.9 Å². The number of carboxylic acid groups (broad SMARTS) is 2. The van der Waals surface area contributed by atoms with E-state index >= 15 is 0 Å². The van der Waals surface area contributed by atoms with E-state index in [1.54, 1.807) is 7.11 Å². The molecule has 0 amide bonds.